The molecule has 1 amide bonds. The van der Waals surface area contributed by atoms with Crippen LogP contribution in [0.2, 0.25) is 0 Å². The fourth-order valence-corrected chi connectivity index (χ4v) is 4.34. The molecular formula is C28H31NO2. The van der Waals surface area contributed by atoms with E-state index in [1.165, 1.54) is 11.1 Å². The standard InChI is InChI=1S/C28H31NO2/c1-2-3-19-31-27-16-10-9-15-26(27)28(30)29(21-22-11-5-4-6-12-22)25-18-17-23-13-7-8-14-24(23)20-25/h4-16,25H,2-3,17-21H2,1H3. The molecular weight excluding hydrogens is 382 g/mol. The quantitative estimate of drug-likeness (QED) is 0.420. The highest BCUT2D eigenvalue weighted by Gasteiger charge is 2.29. The Labute approximate surface area is 185 Å². The van der Waals surface area contributed by atoms with Gasteiger partial charge in [0.25, 0.3) is 5.91 Å². The molecule has 31 heavy (non-hydrogen) atoms. The zero-order valence-corrected chi connectivity index (χ0v) is 18.3. The second kappa shape index (κ2) is 10.3. The number of rotatable bonds is 8. The lowest BCUT2D eigenvalue weighted by Gasteiger charge is -2.36. The van der Waals surface area contributed by atoms with Gasteiger partial charge in [-0.3, -0.25) is 4.79 Å². The minimum absolute atomic E-state index is 0.0559. The van der Waals surface area contributed by atoms with Crippen LogP contribution in [0, 0.1) is 0 Å². The Bertz CT molecular complexity index is 999. The van der Waals surface area contributed by atoms with Gasteiger partial charge >= 0.3 is 0 Å². The predicted molar refractivity (Wildman–Crippen MR) is 125 cm³/mol. The van der Waals surface area contributed by atoms with Crippen LogP contribution in [0.15, 0.2) is 78.9 Å². The Morgan fingerprint density at radius 3 is 2.45 bits per heavy atom. The van der Waals surface area contributed by atoms with E-state index in [0.717, 1.165) is 37.7 Å². The molecule has 3 aromatic rings. The van der Waals surface area contributed by atoms with Crippen molar-refractivity contribution in [1.82, 2.24) is 4.90 Å². The Kier molecular flexibility index (Phi) is 7.03. The molecule has 0 N–H and O–H groups in total. The summed E-state index contributed by atoms with van der Waals surface area (Å²) in [5, 5.41) is 0. The van der Waals surface area contributed by atoms with Gasteiger partial charge in [-0.1, -0.05) is 80.1 Å². The van der Waals surface area contributed by atoms with E-state index >= 15 is 0 Å². The molecule has 4 rings (SSSR count). The van der Waals surface area contributed by atoms with Gasteiger partial charge < -0.3 is 9.64 Å². The minimum atomic E-state index is 0.0559. The van der Waals surface area contributed by atoms with E-state index in [1.807, 2.05) is 42.5 Å². The number of fused-ring (bicyclic) bond motifs is 1. The van der Waals surface area contributed by atoms with Crippen molar-refractivity contribution in [2.75, 3.05) is 6.61 Å². The maximum Gasteiger partial charge on any atom is 0.258 e. The fourth-order valence-electron chi connectivity index (χ4n) is 4.34. The number of hydrogen-bond acceptors (Lipinski definition) is 2. The van der Waals surface area contributed by atoms with Gasteiger partial charge in [0.15, 0.2) is 0 Å². The summed E-state index contributed by atoms with van der Waals surface area (Å²) in [5.41, 5.74) is 4.58. The number of benzene rings is 3. The van der Waals surface area contributed by atoms with Crippen molar-refractivity contribution in [3.63, 3.8) is 0 Å². The van der Waals surface area contributed by atoms with Gasteiger partial charge in [-0.25, -0.2) is 0 Å². The van der Waals surface area contributed by atoms with Gasteiger partial charge in [0.05, 0.1) is 12.2 Å². The van der Waals surface area contributed by atoms with Crippen molar-refractivity contribution < 1.29 is 9.53 Å². The second-order valence-corrected chi connectivity index (χ2v) is 8.28. The Morgan fingerprint density at radius 2 is 1.65 bits per heavy atom. The maximum absolute atomic E-state index is 13.9. The summed E-state index contributed by atoms with van der Waals surface area (Å²) in [6, 6.07) is 26.8. The lowest BCUT2D eigenvalue weighted by molar-refractivity contribution is 0.0639. The first-order valence-corrected chi connectivity index (χ1v) is 11.4. The Balaban J connectivity index is 1.63. The van der Waals surface area contributed by atoms with Gasteiger partial charge in [-0.05, 0) is 54.5 Å². The topological polar surface area (TPSA) is 29.5 Å². The lowest BCUT2D eigenvalue weighted by Crippen LogP contribution is -2.43. The van der Waals surface area contributed by atoms with Crippen molar-refractivity contribution in [3.05, 3.63) is 101 Å². The fraction of sp³-hybridized carbons (Fsp3) is 0.321. The molecule has 160 valence electrons. The van der Waals surface area contributed by atoms with E-state index in [0.29, 0.717) is 24.5 Å². The Hall–Kier alpha value is -3.07. The largest absolute Gasteiger partial charge is 0.493 e. The SMILES string of the molecule is CCCCOc1ccccc1C(=O)N(Cc1ccccc1)C1CCc2ccccc2C1. The van der Waals surface area contributed by atoms with E-state index in [2.05, 4.69) is 48.2 Å². The number of ether oxygens (including phenoxy) is 1. The number of amides is 1. The van der Waals surface area contributed by atoms with Crippen molar-refractivity contribution >= 4 is 5.91 Å². The molecule has 0 bridgehead atoms. The predicted octanol–water partition coefficient (Wildman–Crippen LogP) is 6.07. The number of aryl methyl sites for hydroxylation is 1. The molecule has 0 heterocycles. The number of carbonyl (C=O) groups excluding carboxylic acids is 1. The smallest absolute Gasteiger partial charge is 0.258 e. The molecule has 1 aliphatic carbocycles. The number of nitrogens with zero attached hydrogens (tertiary/aromatic N) is 1. The summed E-state index contributed by atoms with van der Waals surface area (Å²) in [5.74, 6) is 0.746. The molecule has 1 aliphatic rings. The van der Waals surface area contributed by atoms with Crippen LogP contribution >= 0.6 is 0 Å². The minimum Gasteiger partial charge on any atom is -0.493 e. The highest BCUT2D eigenvalue weighted by molar-refractivity contribution is 5.97. The maximum atomic E-state index is 13.9. The summed E-state index contributed by atoms with van der Waals surface area (Å²) in [6.07, 6.45) is 4.93. The molecule has 0 saturated carbocycles. The summed E-state index contributed by atoms with van der Waals surface area (Å²) in [6.45, 7) is 3.38. The van der Waals surface area contributed by atoms with Crippen LogP contribution in [0.4, 0.5) is 0 Å². The monoisotopic (exact) mass is 413 g/mol. The summed E-state index contributed by atoms with van der Waals surface area (Å²) in [7, 11) is 0. The normalized spacial score (nSPS) is 15.2. The number of unbranched alkanes of at least 4 members (excludes halogenated alkanes) is 1. The van der Waals surface area contributed by atoms with Crippen LogP contribution in [0.1, 0.15) is 53.2 Å². The van der Waals surface area contributed by atoms with Crippen LogP contribution in [0.5, 0.6) is 5.75 Å². The molecule has 1 atom stereocenters. The van der Waals surface area contributed by atoms with Gasteiger partial charge in [0.2, 0.25) is 0 Å². The first kappa shape index (κ1) is 21.2. The van der Waals surface area contributed by atoms with Gasteiger partial charge in [0, 0.05) is 12.6 Å². The first-order chi connectivity index (χ1) is 15.3. The van der Waals surface area contributed by atoms with Crippen molar-refractivity contribution in [2.24, 2.45) is 0 Å². The highest BCUT2D eigenvalue weighted by Crippen LogP contribution is 2.29. The van der Waals surface area contributed by atoms with Gasteiger partial charge in [-0.2, -0.15) is 0 Å². The molecule has 0 aromatic heterocycles. The Morgan fingerprint density at radius 1 is 0.935 bits per heavy atom. The molecule has 0 fully saturated rings. The van der Waals surface area contributed by atoms with E-state index in [-0.39, 0.29) is 11.9 Å². The summed E-state index contributed by atoms with van der Waals surface area (Å²) in [4.78, 5) is 15.9. The summed E-state index contributed by atoms with van der Waals surface area (Å²) < 4.78 is 6.00. The van der Waals surface area contributed by atoms with Gasteiger partial charge in [0.1, 0.15) is 5.75 Å². The average molecular weight is 414 g/mol. The molecule has 0 spiro atoms. The van der Waals surface area contributed by atoms with Gasteiger partial charge in [-0.15, -0.1) is 0 Å². The number of para-hydroxylation sites is 1. The van der Waals surface area contributed by atoms with Crippen molar-refractivity contribution in [3.8, 4) is 5.75 Å². The van der Waals surface area contributed by atoms with Crippen LogP contribution in [0.25, 0.3) is 0 Å². The third kappa shape index (κ3) is 5.16. The summed E-state index contributed by atoms with van der Waals surface area (Å²) >= 11 is 0. The van der Waals surface area contributed by atoms with Crippen molar-refractivity contribution in [1.29, 1.82) is 0 Å². The highest BCUT2D eigenvalue weighted by atomic mass is 16.5. The first-order valence-electron chi connectivity index (χ1n) is 11.4. The molecule has 1 unspecified atom stereocenters. The van der Waals surface area contributed by atoms with E-state index < -0.39 is 0 Å². The zero-order chi connectivity index (χ0) is 21.5. The molecule has 3 nitrogen and oxygen atoms in total. The molecule has 3 heteroatoms. The lowest BCUT2D eigenvalue weighted by atomic mass is 9.87. The third-order valence-electron chi connectivity index (χ3n) is 6.09. The van der Waals surface area contributed by atoms with Crippen molar-refractivity contribution in [2.45, 2.75) is 51.6 Å². The third-order valence-corrected chi connectivity index (χ3v) is 6.09. The van der Waals surface area contributed by atoms with Crippen LogP contribution in [0.3, 0.4) is 0 Å². The zero-order valence-electron chi connectivity index (χ0n) is 18.3. The molecule has 0 radical (unpaired) electrons. The molecule has 3 aromatic carbocycles. The van der Waals surface area contributed by atoms with Crippen LogP contribution in [-0.4, -0.2) is 23.5 Å². The van der Waals surface area contributed by atoms with E-state index in [1.54, 1.807) is 0 Å². The average Bonchev–Trinajstić information content (AvgIpc) is 2.83. The number of hydrogen-bond donors (Lipinski definition) is 0. The number of carbonyl (C=O) groups is 1. The van der Waals surface area contributed by atoms with E-state index in [9.17, 15) is 4.79 Å². The van der Waals surface area contributed by atoms with Crippen LogP contribution < -0.4 is 4.74 Å². The van der Waals surface area contributed by atoms with Crippen LogP contribution in [-0.2, 0) is 19.4 Å². The molecule has 0 saturated heterocycles. The van der Waals surface area contributed by atoms with E-state index in [4.69, 9.17) is 4.74 Å². The molecule has 0 aliphatic heterocycles. The second-order valence-electron chi connectivity index (χ2n) is 8.28.